The summed E-state index contributed by atoms with van der Waals surface area (Å²) in [6.45, 7) is 0.596. The van der Waals surface area contributed by atoms with E-state index in [2.05, 4.69) is 4.99 Å². The van der Waals surface area contributed by atoms with Crippen molar-refractivity contribution in [1.82, 2.24) is 4.90 Å². The van der Waals surface area contributed by atoms with Crippen LogP contribution in [0.15, 0.2) is 53.0 Å². The molecule has 5 nitrogen and oxygen atoms in total. The molecule has 3 aliphatic rings. The largest absolute Gasteiger partial charge is 0.473 e. The molecule has 3 rings (SSSR count). The van der Waals surface area contributed by atoms with E-state index in [1.165, 1.54) is 0 Å². The summed E-state index contributed by atoms with van der Waals surface area (Å²) in [5.74, 6) is 0.277. The van der Waals surface area contributed by atoms with Crippen molar-refractivity contribution in [2.45, 2.75) is 4.75 Å². The van der Waals surface area contributed by atoms with Gasteiger partial charge >= 0.3 is 0 Å². The topological polar surface area (TPSA) is 67.9 Å². The molecule has 3 aliphatic heterocycles. The molecule has 92 valence electrons. The van der Waals surface area contributed by atoms with Crippen LogP contribution in [0.4, 0.5) is 0 Å². The van der Waals surface area contributed by atoms with Gasteiger partial charge in [0.1, 0.15) is 16.3 Å². The van der Waals surface area contributed by atoms with Crippen molar-refractivity contribution >= 4 is 23.5 Å². The van der Waals surface area contributed by atoms with E-state index in [1.807, 2.05) is 28.7 Å². The zero-order valence-corrected chi connectivity index (χ0v) is 10.3. The van der Waals surface area contributed by atoms with Crippen LogP contribution in [0.2, 0.25) is 0 Å². The number of aliphatic imine (C=N–C) groups is 1. The van der Waals surface area contributed by atoms with Gasteiger partial charge in [-0.1, -0.05) is 0 Å². The number of rotatable bonds is 1. The highest BCUT2D eigenvalue weighted by atomic mass is 32.2. The predicted molar refractivity (Wildman–Crippen MR) is 70.2 cm³/mol. The molecule has 1 spiro atoms. The number of hydrogen-bond donors (Lipinski definition) is 1. The van der Waals surface area contributed by atoms with Gasteiger partial charge in [0.25, 0.3) is 5.91 Å². The van der Waals surface area contributed by atoms with Crippen molar-refractivity contribution < 1.29 is 9.53 Å². The van der Waals surface area contributed by atoms with E-state index >= 15 is 0 Å². The van der Waals surface area contributed by atoms with E-state index in [-0.39, 0.29) is 0 Å². The Morgan fingerprint density at radius 1 is 1.50 bits per heavy atom. The third-order valence-electron chi connectivity index (χ3n) is 2.87. The second-order valence-corrected chi connectivity index (χ2v) is 5.16. The minimum absolute atomic E-state index is 0.310. The minimum atomic E-state index is -0.503. The van der Waals surface area contributed by atoms with Crippen molar-refractivity contribution in [3.8, 4) is 0 Å². The fourth-order valence-corrected chi connectivity index (χ4v) is 2.94. The number of nitrogens with zero attached hydrogens (tertiary/aromatic N) is 2. The summed E-state index contributed by atoms with van der Waals surface area (Å²) in [6, 6.07) is 0. The molecule has 1 amide bonds. The first kappa shape index (κ1) is 11.2. The number of carbonyl (C=O) groups is 1. The SMILES string of the molecule is NC(=O)C1=CCN2C=CSC3(C=COC=C3)C2=N1. The predicted octanol–water partition coefficient (Wildman–Crippen LogP) is 1.08. The molecule has 18 heavy (non-hydrogen) atoms. The van der Waals surface area contributed by atoms with Crippen LogP contribution in [0.1, 0.15) is 0 Å². The quantitative estimate of drug-likeness (QED) is 0.767. The van der Waals surface area contributed by atoms with Crippen LogP contribution >= 0.6 is 11.8 Å². The lowest BCUT2D eigenvalue weighted by atomic mass is 10.0. The molecule has 0 aromatic heterocycles. The number of fused-ring (bicyclic) bond motifs is 2. The third-order valence-corrected chi connectivity index (χ3v) is 3.98. The number of amides is 1. The minimum Gasteiger partial charge on any atom is -0.473 e. The molecule has 0 unspecified atom stereocenters. The van der Waals surface area contributed by atoms with Crippen LogP contribution < -0.4 is 5.73 Å². The summed E-state index contributed by atoms with van der Waals surface area (Å²) < 4.78 is 4.66. The van der Waals surface area contributed by atoms with Crippen molar-refractivity contribution in [2.75, 3.05) is 6.54 Å². The molecule has 0 bridgehead atoms. The van der Waals surface area contributed by atoms with Crippen LogP contribution in [0.3, 0.4) is 0 Å². The molecule has 0 aliphatic carbocycles. The Morgan fingerprint density at radius 3 is 3.00 bits per heavy atom. The molecule has 0 saturated carbocycles. The molecule has 0 aromatic carbocycles. The number of ether oxygens (including phenoxy) is 1. The van der Waals surface area contributed by atoms with Crippen molar-refractivity contribution in [3.63, 3.8) is 0 Å². The van der Waals surface area contributed by atoms with E-state index in [0.717, 1.165) is 5.84 Å². The number of thioether (sulfide) groups is 1. The number of primary amides is 1. The highest BCUT2D eigenvalue weighted by Crippen LogP contribution is 2.39. The number of hydrogen-bond acceptors (Lipinski definition) is 5. The van der Waals surface area contributed by atoms with E-state index in [0.29, 0.717) is 12.2 Å². The van der Waals surface area contributed by atoms with Gasteiger partial charge in [-0.15, -0.1) is 11.8 Å². The summed E-state index contributed by atoms with van der Waals surface area (Å²) in [4.78, 5) is 17.6. The maximum absolute atomic E-state index is 11.2. The molecule has 0 atom stereocenters. The van der Waals surface area contributed by atoms with Gasteiger partial charge in [-0.3, -0.25) is 4.79 Å². The molecular formula is C12H11N3O2S. The van der Waals surface area contributed by atoms with Gasteiger partial charge in [-0.05, 0) is 23.6 Å². The Bertz CT molecular complexity index is 534. The first-order valence-electron chi connectivity index (χ1n) is 5.42. The van der Waals surface area contributed by atoms with Crippen LogP contribution in [0.5, 0.6) is 0 Å². The number of amidine groups is 1. The fraction of sp³-hybridized carbons (Fsp3) is 0.167. The van der Waals surface area contributed by atoms with Gasteiger partial charge < -0.3 is 15.4 Å². The second kappa shape index (κ2) is 4.06. The zero-order valence-electron chi connectivity index (χ0n) is 9.45. The smallest absolute Gasteiger partial charge is 0.267 e. The summed E-state index contributed by atoms with van der Waals surface area (Å²) in [5, 5.41) is 2.00. The van der Waals surface area contributed by atoms with Gasteiger partial charge in [0, 0.05) is 12.7 Å². The average Bonchev–Trinajstić information content (AvgIpc) is 2.40. The van der Waals surface area contributed by atoms with Crippen LogP contribution in [0, 0.1) is 0 Å². The molecule has 0 fully saturated rings. The summed E-state index contributed by atoms with van der Waals surface area (Å²) in [6.07, 6.45) is 10.7. The highest BCUT2D eigenvalue weighted by Gasteiger charge is 2.39. The van der Waals surface area contributed by atoms with Gasteiger partial charge in [0.2, 0.25) is 0 Å². The Hall–Kier alpha value is -1.95. The summed E-state index contributed by atoms with van der Waals surface area (Å²) in [5.41, 5.74) is 5.60. The third kappa shape index (κ3) is 1.65. The molecule has 0 radical (unpaired) electrons. The van der Waals surface area contributed by atoms with Gasteiger partial charge in [0.15, 0.2) is 0 Å². The normalized spacial score (nSPS) is 23.2. The highest BCUT2D eigenvalue weighted by molar-refractivity contribution is 8.04. The lowest BCUT2D eigenvalue weighted by Gasteiger charge is -2.39. The van der Waals surface area contributed by atoms with Crippen LogP contribution in [-0.4, -0.2) is 27.9 Å². The van der Waals surface area contributed by atoms with E-state index in [4.69, 9.17) is 10.5 Å². The standard InChI is InChI=1S/C12H11N3O2S/c13-10(16)9-1-4-15-5-8-18-12(11(15)14-9)2-6-17-7-3-12/h1-3,5-8H,4H2,(H2,13,16). The monoisotopic (exact) mass is 261 g/mol. The zero-order chi connectivity index (χ0) is 12.6. The molecule has 6 heteroatoms. The lowest BCUT2D eigenvalue weighted by molar-refractivity contribution is -0.114. The average molecular weight is 261 g/mol. The number of carbonyl (C=O) groups excluding carboxylic acids is 1. The van der Waals surface area contributed by atoms with Crippen LogP contribution in [0.25, 0.3) is 0 Å². The second-order valence-electron chi connectivity index (χ2n) is 3.98. The first-order valence-corrected chi connectivity index (χ1v) is 6.30. The molecule has 0 saturated heterocycles. The molecule has 3 heterocycles. The van der Waals surface area contributed by atoms with E-state index in [1.54, 1.807) is 30.4 Å². The maximum atomic E-state index is 11.2. The Kier molecular flexibility index (Phi) is 2.52. The van der Waals surface area contributed by atoms with Crippen molar-refractivity contribution in [2.24, 2.45) is 10.7 Å². The Labute approximate surface area is 108 Å². The van der Waals surface area contributed by atoms with Gasteiger partial charge in [-0.25, -0.2) is 4.99 Å². The van der Waals surface area contributed by atoms with Gasteiger partial charge in [0.05, 0.1) is 12.5 Å². The Morgan fingerprint density at radius 2 is 2.28 bits per heavy atom. The summed E-state index contributed by atoms with van der Waals surface area (Å²) >= 11 is 1.60. The Balaban J connectivity index is 2.07. The summed E-state index contributed by atoms with van der Waals surface area (Å²) in [7, 11) is 0. The maximum Gasteiger partial charge on any atom is 0.267 e. The fourth-order valence-electron chi connectivity index (χ4n) is 1.97. The van der Waals surface area contributed by atoms with Gasteiger partial charge in [-0.2, -0.15) is 0 Å². The molecule has 0 aromatic rings. The molecular weight excluding hydrogens is 250 g/mol. The number of nitrogens with two attached hydrogens (primary N) is 1. The lowest BCUT2D eigenvalue weighted by Crippen LogP contribution is -2.46. The first-order chi connectivity index (χ1) is 8.71. The van der Waals surface area contributed by atoms with E-state index < -0.39 is 10.7 Å². The van der Waals surface area contributed by atoms with Crippen LogP contribution in [-0.2, 0) is 9.53 Å². The van der Waals surface area contributed by atoms with Crippen molar-refractivity contribution in [3.05, 3.63) is 48.1 Å². The molecule has 2 N–H and O–H groups in total. The van der Waals surface area contributed by atoms with E-state index in [9.17, 15) is 4.79 Å². The van der Waals surface area contributed by atoms with Crippen molar-refractivity contribution in [1.29, 1.82) is 0 Å².